The van der Waals surface area contributed by atoms with Crippen LogP contribution in [0, 0.1) is 5.92 Å². The molecule has 0 saturated carbocycles. The average molecular weight is 165 g/mol. The van der Waals surface area contributed by atoms with E-state index in [2.05, 4.69) is 32.0 Å². The van der Waals surface area contributed by atoms with E-state index in [1.54, 1.807) is 5.57 Å². The SMILES string of the molecule is CCN=CC1=C(C)CC(C)CC1. The van der Waals surface area contributed by atoms with Gasteiger partial charge >= 0.3 is 0 Å². The third-order valence-corrected chi connectivity index (χ3v) is 2.54. The van der Waals surface area contributed by atoms with Crippen LogP contribution in [0.5, 0.6) is 0 Å². The summed E-state index contributed by atoms with van der Waals surface area (Å²) in [6.45, 7) is 7.56. The largest absolute Gasteiger partial charge is 0.293 e. The molecular formula is C11H19N. The van der Waals surface area contributed by atoms with Gasteiger partial charge in [-0.3, -0.25) is 4.99 Å². The summed E-state index contributed by atoms with van der Waals surface area (Å²) in [5.74, 6) is 0.878. The minimum atomic E-state index is 0.878. The fourth-order valence-corrected chi connectivity index (χ4v) is 1.75. The van der Waals surface area contributed by atoms with Crippen molar-refractivity contribution in [1.82, 2.24) is 0 Å². The standard InChI is InChI=1S/C11H19N/c1-4-12-8-11-6-5-9(2)7-10(11)3/h8-9H,4-7H2,1-3H3. The maximum Gasteiger partial charge on any atom is 0.0361 e. The van der Waals surface area contributed by atoms with E-state index in [1.807, 2.05) is 0 Å². The summed E-state index contributed by atoms with van der Waals surface area (Å²) < 4.78 is 0. The van der Waals surface area contributed by atoms with Gasteiger partial charge in [-0.15, -0.1) is 0 Å². The van der Waals surface area contributed by atoms with E-state index in [0.717, 1.165) is 12.5 Å². The second-order valence-corrected chi connectivity index (χ2v) is 3.78. The molecule has 1 aliphatic carbocycles. The van der Waals surface area contributed by atoms with Crippen LogP contribution in [-0.2, 0) is 0 Å². The van der Waals surface area contributed by atoms with Crippen molar-refractivity contribution in [2.75, 3.05) is 6.54 Å². The molecule has 0 aromatic heterocycles. The molecule has 0 saturated heterocycles. The van der Waals surface area contributed by atoms with Crippen molar-refractivity contribution in [3.05, 3.63) is 11.1 Å². The Morgan fingerprint density at radius 1 is 1.58 bits per heavy atom. The molecule has 1 atom stereocenters. The number of nitrogens with zero attached hydrogens (tertiary/aromatic N) is 1. The van der Waals surface area contributed by atoms with Gasteiger partial charge in [0.1, 0.15) is 0 Å². The summed E-state index contributed by atoms with van der Waals surface area (Å²) in [7, 11) is 0. The molecule has 0 radical (unpaired) electrons. The quantitative estimate of drug-likeness (QED) is 0.557. The first-order valence-corrected chi connectivity index (χ1v) is 4.92. The van der Waals surface area contributed by atoms with Gasteiger partial charge in [-0.25, -0.2) is 0 Å². The number of aliphatic imine (C=N–C) groups is 1. The zero-order valence-corrected chi connectivity index (χ0v) is 8.43. The maximum atomic E-state index is 4.29. The zero-order valence-electron chi connectivity index (χ0n) is 8.43. The predicted molar refractivity (Wildman–Crippen MR) is 54.7 cm³/mol. The van der Waals surface area contributed by atoms with Crippen LogP contribution in [0.3, 0.4) is 0 Å². The Morgan fingerprint density at radius 3 is 2.92 bits per heavy atom. The van der Waals surface area contributed by atoms with Crippen LogP contribution in [0.4, 0.5) is 0 Å². The van der Waals surface area contributed by atoms with E-state index in [1.165, 1.54) is 24.8 Å². The lowest BCUT2D eigenvalue weighted by Gasteiger charge is -2.20. The van der Waals surface area contributed by atoms with Gasteiger partial charge in [-0.05, 0) is 44.6 Å². The van der Waals surface area contributed by atoms with Crippen LogP contribution >= 0.6 is 0 Å². The van der Waals surface area contributed by atoms with Gasteiger partial charge in [-0.1, -0.05) is 12.5 Å². The second kappa shape index (κ2) is 4.44. The Morgan fingerprint density at radius 2 is 2.33 bits per heavy atom. The van der Waals surface area contributed by atoms with Gasteiger partial charge in [0, 0.05) is 12.8 Å². The summed E-state index contributed by atoms with van der Waals surface area (Å²) in [5, 5.41) is 0. The first-order chi connectivity index (χ1) is 5.74. The molecule has 1 unspecified atom stereocenters. The van der Waals surface area contributed by atoms with Crippen LogP contribution < -0.4 is 0 Å². The van der Waals surface area contributed by atoms with E-state index in [4.69, 9.17) is 0 Å². The van der Waals surface area contributed by atoms with Crippen molar-refractivity contribution in [1.29, 1.82) is 0 Å². The molecular weight excluding hydrogens is 146 g/mol. The van der Waals surface area contributed by atoms with Gasteiger partial charge < -0.3 is 0 Å². The van der Waals surface area contributed by atoms with Crippen LogP contribution in [0.1, 0.15) is 40.0 Å². The van der Waals surface area contributed by atoms with E-state index < -0.39 is 0 Å². The molecule has 68 valence electrons. The Labute approximate surface area is 75.6 Å². The molecule has 0 fully saturated rings. The molecule has 0 heterocycles. The van der Waals surface area contributed by atoms with Crippen LogP contribution in [-0.4, -0.2) is 12.8 Å². The third-order valence-electron chi connectivity index (χ3n) is 2.54. The number of hydrogen-bond donors (Lipinski definition) is 0. The van der Waals surface area contributed by atoms with Gasteiger partial charge in [0.05, 0.1) is 0 Å². The predicted octanol–water partition coefficient (Wildman–Crippen LogP) is 3.21. The van der Waals surface area contributed by atoms with E-state index in [0.29, 0.717) is 0 Å². The lowest BCUT2D eigenvalue weighted by atomic mass is 9.86. The molecule has 1 aliphatic rings. The highest BCUT2D eigenvalue weighted by Crippen LogP contribution is 2.27. The van der Waals surface area contributed by atoms with Crippen molar-refractivity contribution < 1.29 is 0 Å². The van der Waals surface area contributed by atoms with Gasteiger partial charge in [0.2, 0.25) is 0 Å². The highest BCUT2D eigenvalue weighted by Gasteiger charge is 2.12. The molecule has 0 aromatic rings. The Balaban J connectivity index is 2.62. The summed E-state index contributed by atoms with van der Waals surface area (Å²) in [6, 6.07) is 0. The van der Waals surface area contributed by atoms with Crippen molar-refractivity contribution in [3.8, 4) is 0 Å². The first kappa shape index (κ1) is 9.50. The molecule has 0 bridgehead atoms. The van der Waals surface area contributed by atoms with Crippen LogP contribution in [0.15, 0.2) is 16.1 Å². The van der Waals surface area contributed by atoms with Crippen molar-refractivity contribution in [3.63, 3.8) is 0 Å². The summed E-state index contributed by atoms with van der Waals surface area (Å²) in [4.78, 5) is 4.29. The topological polar surface area (TPSA) is 12.4 Å². The molecule has 0 amide bonds. The van der Waals surface area contributed by atoms with E-state index >= 15 is 0 Å². The molecule has 0 spiro atoms. The summed E-state index contributed by atoms with van der Waals surface area (Å²) >= 11 is 0. The van der Waals surface area contributed by atoms with Crippen molar-refractivity contribution >= 4 is 6.21 Å². The minimum Gasteiger partial charge on any atom is -0.293 e. The van der Waals surface area contributed by atoms with E-state index in [-0.39, 0.29) is 0 Å². The Bertz CT molecular complexity index is 201. The molecule has 0 aromatic carbocycles. The number of rotatable bonds is 2. The second-order valence-electron chi connectivity index (χ2n) is 3.78. The highest BCUT2D eigenvalue weighted by atomic mass is 14.7. The van der Waals surface area contributed by atoms with Crippen LogP contribution in [0.25, 0.3) is 0 Å². The molecule has 1 rings (SSSR count). The van der Waals surface area contributed by atoms with Crippen molar-refractivity contribution in [2.24, 2.45) is 10.9 Å². The fraction of sp³-hybridized carbons (Fsp3) is 0.727. The Kier molecular flexibility index (Phi) is 3.51. The van der Waals surface area contributed by atoms with Gasteiger partial charge in [0.25, 0.3) is 0 Å². The maximum absolute atomic E-state index is 4.29. The average Bonchev–Trinajstić information content (AvgIpc) is 2.03. The normalized spacial score (nSPS) is 25.4. The number of allylic oxidation sites excluding steroid dienone is 2. The van der Waals surface area contributed by atoms with Crippen molar-refractivity contribution in [2.45, 2.75) is 40.0 Å². The van der Waals surface area contributed by atoms with Gasteiger partial charge in [-0.2, -0.15) is 0 Å². The monoisotopic (exact) mass is 165 g/mol. The highest BCUT2D eigenvalue weighted by molar-refractivity contribution is 5.79. The van der Waals surface area contributed by atoms with Gasteiger partial charge in [0.15, 0.2) is 0 Å². The lowest BCUT2D eigenvalue weighted by Crippen LogP contribution is -2.06. The summed E-state index contributed by atoms with van der Waals surface area (Å²) in [5.41, 5.74) is 3.03. The smallest absolute Gasteiger partial charge is 0.0361 e. The zero-order chi connectivity index (χ0) is 8.97. The molecule has 1 heteroatoms. The molecule has 0 N–H and O–H groups in total. The molecule has 12 heavy (non-hydrogen) atoms. The van der Waals surface area contributed by atoms with E-state index in [9.17, 15) is 0 Å². The Hall–Kier alpha value is -0.590. The molecule has 0 aliphatic heterocycles. The summed E-state index contributed by atoms with van der Waals surface area (Å²) in [6.07, 6.45) is 5.91. The van der Waals surface area contributed by atoms with Crippen LogP contribution in [0.2, 0.25) is 0 Å². The third kappa shape index (κ3) is 2.47. The lowest BCUT2D eigenvalue weighted by molar-refractivity contribution is 0.504. The number of hydrogen-bond acceptors (Lipinski definition) is 1. The fourth-order valence-electron chi connectivity index (χ4n) is 1.75. The molecule has 1 nitrogen and oxygen atoms in total. The first-order valence-electron chi connectivity index (χ1n) is 4.92. The minimum absolute atomic E-state index is 0.878.